The molecule has 2 N–H and O–H groups in total. The molecular formula is C20H19FN6O2S. The molecule has 1 unspecified atom stereocenters. The Bertz CT molecular complexity index is 1140. The quantitative estimate of drug-likeness (QED) is 0.353. The number of thioether (sulfide) groups is 1. The molecule has 0 aliphatic heterocycles. The van der Waals surface area contributed by atoms with Gasteiger partial charge in [-0.25, -0.2) is 9.07 Å². The highest BCUT2D eigenvalue weighted by molar-refractivity contribution is 7.99. The summed E-state index contributed by atoms with van der Waals surface area (Å²) in [6.45, 7) is 1.90. The van der Waals surface area contributed by atoms with Crippen LogP contribution in [0.4, 0.5) is 4.39 Å². The van der Waals surface area contributed by atoms with E-state index in [2.05, 4.69) is 20.4 Å². The van der Waals surface area contributed by atoms with Crippen molar-refractivity contribution in [1.29, 1.82) is 0 Å². The SMILES string of the molecule is COc1ccc(-c2nnc(C(C)Sc3nnc(Cc4ccccc4F)n3N)o2)cc1. The van der Waals surface area contributed by atoms with Crippen molar-refractivity contribution in [2.24, 2.45) is 0 Å². The zero-order chi connectivity index (χ0) is 21.1. The molecule has 0 aliphatic carbocycles. The molecule has 2 aromatic heterocycles. The lowest BCUT2D eigenvalue weighted by atomic mass is 10.1. The summed E-state index contributed by atoms with van der Waals surface area (Å²) in [6, 6.07) is 13.8. The van der Waals surface area contributed by atoms with Crippen LogP contribution in [0.3, 0.4) is 0 Å². The van der Waals surface area contributed by atoms with E-state index >= 15 is 0 Å². The van der Waals surface area contributed by atoms with Gasteiger partial charge in [0.2, 0.25) is 16.9 Å². The number of nitrogens with two attached hydrogens (primary N) is 1. The minimum absolute atomic E-state index is 0.211. The second kappa shape index (κ2) is 8.54. The fourth-order valence-electron chi connectivity index (χ4n) is 2.78. The van der Waals surface area contributed by atoms with E-state index in [9.17, 15) is 4.39 Å². The molecule has 30 heavy (non-hydrogen) atoms. The first-order valence-corrected chi connectivity index (χ1v) is 10.0. The van der Waals surface area contributed by atoms with Crippen LogP contribution in [0.5, 0.6) is 5.75 Å². The molecule has 0 radical (unpaired) electrons. The molecule has 0 amide bonds. The third-order valence-corrected chi connectivity index (χ3v) is 5.49. The third kappa shape index (κ3) is 4.13. The minimum atomic E-state index is -0.306. The molecule has 10 heteroatoms. The number of ether oxygens (including phenoxy) is 1. The summed E-state index contributed by atoms with van der Waals surface area (Å²) < 4.78 is 26.2. The van der Waals surface area contributed by atoms with Gasteiger partial charge >= 0.3 is 0 Å². The Labute approximate surface area is 176 Å². The topological polar surface area (TPSA) is 105 Å². The summed E-state index contributed by atoms with van der Waals surface area (Å²) in [5.74, 6) is 7.87. The Hall–Kier alpha value is -3.40. The molecule has 1 atom stereocenters. The second-order valence-corrected chi connectivity index (χ2v) is 7.78. The molecule has 4 rings (SSSR count). The summed E-state index contributed by atoms with van der Waals surface area (Å²) in [7, 11) is 1.61. The fraction of sp³-hybridized carbons (Fsp3) is 0.200. The lowest BCUT2D eigenvalue weighted by molar-refractivity contribution is 0.415. The first-order chi connectivity index (χ1) is 14.5. The van der Waals surface area contributed by atoms with Crippen molar-refractivity contribution in [3.8, 4) is 17.2 Å². The molecular weight excluding hydrogens is 407 g/mol. The first kappa shape index (κ1) is 19.9. The van der Waals surface area contributed by atoms with E-state index < -0.39 is 0 Å². The average Bonchev–Trinajstić information content (AvgIpc) is 3.38. The molecule has 0 spiro atoms. The second-order valence-electron chi connectivity index (χ2n) is 6.47. The average molecular weight is 426 g/mol. The van der Waals surface area contributed by atoms with Crippen molar-refractivity contribution >= 4 is 11.8 Å². The number of hydrogen-bond donors (Lipinski definition) is 1. The van der Waals surface area contributed by atoms with E-state index in [1.54, 1.807) is 25.3 Å². The third-order valence-electron chi connectivity index (χ3n) is 4.45. The van der Waals surface area contributed by atoms with Gasteiger partial charge < -0.3 is 15.0 Å². The van der Waals surface area contributed by atoms with Crippen molar-refractivity contribution in [3.05, 3.63) is 71.6 Å². The summed E-state index contributed by atoms with van der Waals surface area (Å²) in [6.07, 6.45) is 0.243. The number of benzene rings is 2. The zero-order valence-electron chi connectivity index (χ0n) is 16.3. The highest BCUT2D eigenvalue weighted by atomic mass is 32.2. The number of hydrogen-bond acceptors (Lipinski definition) is 8. The minimum Gasteiger partial charge on any atom is -0.497 e. The van der Waals surface area contributed by atoms with E-state index in [0.29, 0.717) is 28.3 Å². The molecule has 0 saturated carbocycles. The van der Waals surface area contributed by atoms with Crippen LogP contribution in [-0.4, -0.2) is 32.2 Å². The highest BCUT2D eigenvalue weighted by Crippen LogP contribution is 2.34. The number of nitrogen functional groups attached to an aromatic ring is 1. The van der Waals surface area contributed by atoms with Crippen molar-refractivity contribution in [2.75, 3.05) is 13.0 Å². The van der Waals surface area contributed by atoms with Crippen LogP contribution in [0.1, 0.15) is 29.5 Å². The largest absolute Gasteiger partial charge is 0.497 e. The van der Waals surface area contributed by atoms with Crippen molar-refractivity contribution in [3.63, 3.8) is 0 Å². The Kier molecular flexibility index (Phi) is 5.66. The van der Waals surface area contributed by atoms with E-state index in [1.807, 2.05) is 31.2 Å². The van der Waals surface area contributed by atoms with Gasteiger partial charge in [0.25, 0.3) is 0 Å². The van der Waals surface area contributed by atoms with Gasteiger partial charge in [-0.1, -0.05) is 30.0 Å². The molecule has 0 saturated heterocycles. The van der Waals surface area contributed by atoms with Gasteiger partial charge in [-0.15, -0.1) is 20.4 Å². The van der Waals surface area contributed by atoms with Crippen LogP contribution < -0.4 is 10.6 Å². The van der Waals surface area contributed by atoms with Crippen molar-refractivity contribution in [2.45, 2.75) is 23.8 Å². The maximum Gasteiger partial charge on any atom is 0.247 e. The van der Waals surface area contributed by atoms with Gasteiger partial charge in [0.1, 0.15) is 11.6 Å². The van der Waals surface area contributed by atoms with Gasteiger partial charge in [-0.05, 0) is 42.8 Å². The monoisotopic (exact) mass is 426 g/mol. The van der Waals surface area contributed by atoms with E-state index in [1.165, 1.54) is 22.5 Å². The lowest BCUT2D eigenvalue weighted by Gasteiger charge is -2.07. The zero-order valence-corrected chi connectivity index (χ0v) is 17.1. The first-order valence-electron chi connectivity index (χ1n) is 9.12. The van der Waals surface area contributed by atoms with Crippen LogP contribution in [0.25, 0.3) is 11.5 Å². The lowest BCUT2D eigenvalue weighted by Crippen LogP contribution is -2.15. The Morgan fingerprint density at radius 2 is 1.87 bits per heavy atom. The number of aromatic nitrogens is 5. The maximum absolute atomic E-state index is 13.9. The standard InChI is InChI=1S/C20H19FN6O2S/c1-12(18-24-25-19(29-18)13-7-9-15(28-2)10-8-13)30-20-26-23-17(27(20)22)11-14-5-3-4-6-16(14)21/h3-10,12H,11,22H2,1-2H3. The van der Waals surface area contributed by atoms with Crippen molar-refractivity contribution < 1.29 is 13.5 Å². The normalized spacial score (nSPS) is 12.1. The Morgan fingerprint density at radius 1 is 1.10 bits per heavy atom. The van der Waals surface area contributed by atoms with E-state index in [4.69, 9.17) is 15.0 Å². The summed E-state index contributed by atoms with van der Waals surface area (Å²) >= 11 is 1.33. The van der Waals surface area contributed by atoms with Gasteiger partial charge in [-0.3, -0.25) is 0 Å². The number of methoxy groups -OCH3 is 1. The molecule has 2 aromatic carbocycles. The van der Waals surface area contributed by atoms with E-state index in [-0.39, 0.29) is 17.5 Å². The van der Waals surface area contributed by atoms with Crippen LogP contribution >= 0.6 is 11.8 Å². The maximum atomic E-state index is 13.9. The number of rotatable bonds is 7. The summed E-state index contributed by atoms with van der Waals surface area (Å²) in [5, 5.41) is 16.7. The van der Waals surface area contributed by atoms with E-state index in [0.717, 1.165) is 11.3 Å². The van der Waals surface area contributed by atoms with Crippen LogP contribution in [0, 0.1) is 5.82 Å². The molecule has 8 nitrogen and oxygen atoms in total. The number of halogens is 1. The van der Waals surface area contributed by atoms with Gasteiger partial charge in [0.05, 0.1) is 12.4 Å². The molecule has 4 aromatic rings. The van der Waals surface area contributed by atoms with Crippen LogP contribution in [0.2, 0.25) is 0 Å². The smallest absolute Gasteiger partial charge is 0.247 e. The van der Waals surface area contributed by atoms with Crippen LogP contribution in [0.15, 0.2) is 58.1 Å². The summed E-state index contributed by atoms with van der Waals surface area (Å²) in [4.78, 5) is 0. The highest BCUT2D eigenvalue weighted by Gasteiger charge is 2.21. The van der Waals surface area contributed by atoms with Gasteiger partial charge in [-0.2, -0.15) is 0 Å². The fourth-order valence-corrected chi connectivity index (χ4v) is 3.60. The van der Waals surface area contributed by atoms with Crippen molar-refractivity contribution in [1.82, 2.24) is 25.1 Å². The molecule has 0 aliphatic rings. The Balaban J connectivity index is 1.46. The van der Waals surface area contributed by atoms with Gasteiger partial charge in [0.15, 0.2) is 5.82 Å². The summed E-state index contributed by atoms with van der Waals surface area (Å²) in [5.41, 5.74) is 1.29. The predicted molar refractivity (Wildman–Crippen MR) is 110 cm³/mol. The van der Waals surface area contributed by atoms with Gasteiger partial charge in [0, 0.05) is 12.0 Å². The molecule has 0 fully saturated rings. The molecule has 2 heterocycles. The molecule has 0 bridgehead atoms. The number of nitrogens with zero attached hydrogens (tertiary/aromatic N) is 5. The van der Waals surface area contributed by atoms with Crippen LogP contribution in [-0.2, 0) is 6.42 Å². The molecule has 154 valence electrons. The Morgan fingerprint density at radius 3 is 2.60 bits per heavy atom. The predicted octanol–water partition coefficient (Wildman–Crippen LogP) is 3.63.